The van der Waals surface area contributed by atoms with Gasteiger partial charge >= 0.3 is 5.97 Å². The molecule has 154 valence electrons. The quantitative estimate of drug-likeness (QED) is 0.302. The van der Waals surface area contributed by atoms with Gasteiger partial charge in [-0.05, 0) is 50.8 Å². The van der Waals surface area contributed by atoms with Crippen molar-refractivity contribution in [3.05, 3.63) is 35.9 Å². The van der Waals surface area contributed by atoms with Crippen molar-refractivity contribution in [1.29, 1.82) is 0 Å². The first kappa shape index (κ1) is 25.0. The molecule has 7 nitrogen and oxygen atoms in total. The summed E-state index contributed by atoms with van der Waals surface area (Å²) in [6.45, 7) is 1.28. The van der Waals surface area contributed by atoms with Crippen LogP contribution in [0.2, 0.25) is 0 Å². The number of unbranched alkanes of at least 4 members (excludes halogenated alkanes) is 2. The number of ether oxygens (including phenoxy) is 1. The number of nitrogens with one attached hydrogen (secondary N) is 1. The minimum absolute atomic E-state index is 0. The molecule has 0 aliphatic rings. The lowest BCUT2D eigenvalue weighted by Gasteiger charge is -2.20. The number of hydrogen-bond acceptors (Lipinski definition) is 6. The summed E-state index contributed by atoms with van der Waals surface area (Å²) < 4.78 is 5.36. The smallest absolute Gasteiger partial charge is 0.328 e. The third-order valence-electron chi connectivity index (χ3n) is 4.08. The maximum absolute atomic E-state index is 12.4. The van der Waals surface area contributed by atoms with Gasteiger partial charge in [-0.2, -0.15) is 0 Å². The van der Waals surface area contributed by atoms with Crippen molar-refractivity contribution in [2.75, 3.05) is 13.1 Å². The minimum atomic E-state index is -0.710. The van der Waals surface area contributed by atoms with Crippen LogP contribution in [-0.2, 0) is 20.9 Å². The zero-order valence-electron chi connectivity index (χ0n) is 15.4. The number of hydrogen-bond donors (Lipinski definition) is 4. The minimum Gasteiger partial charge on any atom is -0.459 e. The van der Waals surface area contributed by atoms with Gasteiger partial charge in [-0.3, -0.25) is 4.79 Å². The molecule has 2 atom stereocenters. The first-order chi connectivity index (χ1) is 12.6. The van der Waals surface area contributed by atoms with Crippen LogP contribution in [0.25, 0.3) is 0 Å². The molecule has 0 spiro atoms. The summed E-state index contributed by atoms with van der Waals surface area (Å²) in [5.41, 5.74) is 17.8. The van der Waals surface area contributed by atoms with Crippen molar-refractivity contribution in [2.45, 2.75) is 64.6 Å². The van der Waals surface area contributed by atoms with Gasteiger partial charge < -0.3 is 27.3 Å². The summed E-state index contributed by atoms with van der Waals surface area (Å²) in [7, 11) is 0. The predicted molar refractivity (Wildman–Crippen MR) is 109 cm³/mol. The highest BCUT2D eigenvalue weighted by molar-refractivity contribution is 5.87. The third-order valence-corrected chi connectivity index (χ3v) is 4.08. The van der Waals surface area contributed by atoms with E-state index >= 15 is 0 Å². The van der Waals surface area contributed by atoms with Gasteiger partial charge in [0, 0.05) is 0 Å². The van der Waals surface area contributed by atoms with Crippen LogP contribution in [0.1, 0.15) is 51.5 Å². The van der Waals surface area contributed by atoms with E-state index in [0.29, 0.717) is 25.9 Å². The summed E-state index contributed by atoms with van der Waals surface area (Å²) >= 11 is 0. The molecule has 1 aromatic rings. The molecule has 0 radical (unpaired) electrons. The van der Waals surface area contributed by atoms with Gasteiger partial charge in [0.1, 0.15) is 12.6 Å². The monoisotopic (exact) mass is 380 g/mol. The lowest BCUT2D eigenvalue weighted by Crippen LogP contribution is -2.49. The van der Waals surface area contributed by atoms with E-state index in [-0.39, 0.29) is 19.9 Å². The van der Waals surface area contributed by atoms with E-state index in [9.17, 15) is 9.59 Å². The lowest BCUT2D eigenvalue weighted by atomic mass is 10.1. The molecule has 0 aliphatic carbocycles. The zero-order valence-corrected chi connectivity index (χ0v) is 15.4. The number of rotatable bonds is 13. The molecule has 0 unspecified atom stereocenters. The standard InChI is InChI=1S/C19H32N4O3.CH4/c20-12-6-4-10-16(22)18(24)23-17(11-5-7-13-21)19(25)26-14-15-8-2-1-3-9-15;/h1-3,8-9,16-17H,4-7,10-14,20-22H2,(H,23,24);1H4/t16-,17-;/m0./s1. The third kappa shape index (κ3) is 10.7. The maximum Gasteiger partial charge on any atom is 0.328 e. The number of amides is 1. The van der Waals surface area contributed by atoms with E-state index in [1.807, 2.05) is 30.3 Å². The molecular formula is C20H36N4O3. The summed E-state index contributed by atoms with van der Waals surface area (Å²) in [6.07, 6.45) is 4.12. The van der Waals surface area contributed by atoms with Gasteiger partial charge in [0.05, 0.1) is 6.04 Å². The number of carbonyl (C=O) groups excluding carboxylic acids is 2. The highest BCUT2D eigenvalue weighted by atomic mass is 16.5. The molecule has 7 N–H and O–H groups in total. The SMILES string of the molecule is C.NCCCC[C@H](NC(=O)[C@@H](N)CCCCN)C(=O)OCc1ccccc1. The van der Waals surface area contributed by atoms with Crippen molar-refractivity contribution in [1.82, 2.24) is 5.32 Å². The second kappa shape index (κ2) is 15.1. The highest BCUT2D eigenvalue weighted by Crippen LogP contribution is 2.07. The van der Waals surface area contributed by atoms with E-state index < -0.39 is 18.1 Å². The zero-order chi connectivity index (χ0) is 19.2. The Morgan fingerprint density at radius 3 is 2.15 bits per heavy atom. The van der Waals surface area contributed by atoms with Crippen LogP contribution < -0.4 is 22.5 Å². The fourth-order valence-corrected chi connectivity index (χ4v) is 2.49. The summed E-state index contributed by atoms with van der Waals surface area (Å²) in [4.78, 5) is 24.7. The summed E-state index contributed by atoms with van der Waals surface area (Å²) in [5, 5.41) is 2.73. The largest absolute Gasteiger partial charge is 0.459 e. The van der Waals surface area contributed by atoms with Crippen LogP contribution in [0.4, 0.5) is 0 Å². The van der Waals surface area contributed by atoms with Crippen molar-refractivity contribution in [3.8, 4) is 0 Å². The predicted octanol–water partition coefficient (Wildman–Crippen LogP) is 1.44. The Morgan fingerprint density at radius 1 is 0.963 bits per heavy atom. The number of esters is 1. The Hall–Kier alpha value is -1.96. The van der Waals surface area contributed by atoms with Crippen molar-refractivity contribution < 1.29 is 14.3 Å². The molecule has 1 rings (SSSR count). The Kier molecular flexibility index (Phi) is 14.0. The average molecular weight is 381 g/mol. The summed E-state index contributed by atoms with van der Waals surface area (Å²) in [5.74, 6) is -0.787. The molecule has 0 bridgehead atoms. The molecule has 1 amide bonds. The topological polar surface area (TPSA) is 133 Å². The van der Waals surface area contributed by atoms with Gasteiger partial charge in [0.2, 0.25) is 5.91 Å². The second-order valence-corrected chi connectivity index (χ2v) is 6.33. The Balaban J connectivity index is 0.00000676. The molecule has 27 heavy (non-hydrogen) atoms. The van der Waals surface area contributed by atoms with E-state index in [2.05, 4.69) is 5.32 Å². The van der Waals surface area contributed by atoms with Crippen molar-refractivity contribution in [3.63, 3.8) is 0 Å². The molecule has 0 fully saturated rings. The molecule has 1 aromatic carbocycles. The van der Waals surface area contributed by atoms with Crippen molar-refractivity contribution >= 4 is 11.9 Å². The number of carbonyl (C=O) groups is 2. The molecule has 0 aliphatic heterocycles. The maximum atomic E-state index is 12.4. The van der Waals surface area contributed by atoms with E-state index in [0.717, 1.165) is 31.2 Å². The van der Waals surface area contributed by atoms with Gasteiger partial charge in [-0.25, -0.2) is 4.79 Å². The molecule has 0 saturated heterocycles. The Morgan fingerprint density at radius 2 is 1.56 bits per heavy atom. The second-order valence-electron chi connectivity index (χ2n) is 6.33. The van der Waals surface area contributed by atoms with Gasteiger partial charge in [0.25, 0.3) is 0 Å². The van der Waals surface area contributed by atoms with Crippen LogP contribution in [0.5, 0.6) is 0 Å². The van der Waals surface area contributed by atoms with Crippen LogP contribution in [0.15, 0.2) is 30.3 Å². The van der Waals surface area contributed by atoms with E-state index in [1.165, 1.54) is 0 Å². The fraction of sp³-hybridized carbons (Fsp3) is 0.600. The normalized spacial score (nSPS) is 12.6. The number of nitrogens with two attached hydrogens (primary N) is 3. The molecule has 0 aromatic heterocycles. The Bertz CT molecular complexity index is 525. The van der Waals surface area contributed by atoms with Crippen LogP contribution in [-0.4, -0.2) is 37.0 Å². The first-order valence-corrected chi connectivity index (χ1v) is 9.25. The molecular weight excluding hydrogens is 344 g/mol. The van der Waals surface area contributed by atoms with Gasteiger partial charge in [0.15, 0.2) is 0 Å². The van der Waals surface area contributed by atoms with Crippen LogP contribution in [0, 0.1) is 0 Å². The molecule has 0 heterocycles. The van der Waals surface area contributed by atoms with Crippen LogP contribution >= 0.6 is 0 Å². The van der Waals surface area contributed by atoms with Gasteiger partial charge in [-0.1, -0.05) is 44.2 Å². The Labute approximate surface area is 163 Å². The lowest BCUT2D eigenvalue weighted by molar-refractivity contribution is -0.149. The number of benzene rings is 1. The van der Waals surface area contributed by atoms with E-state index in [1.54, 1.807) is 0 Å². The van der Waals surface area contributed by atoms with Gasteiger partial charge in [-0.15, -0.1) is 0 Å². The molecule has 0 saturated carbocycles. The van der Waals surface area contributed by atoms with Crippen LogP contribution in [0.3, 0.4) is 0 Å². The highest BCUT2D eigenvalue weighted by Gasteiger charge is 2.24. The molecule has 7 heteroatoms. The average Bonchev–Trinajstić information content (AvgIpc) is 2.66. The van der Waals surface area contributed by atoms with E-state index in [4.69, 9.17) is 21.9 Å². The van der Waals surface area contributed by atoms with Crippen molar-refractivity contribution in [2.24, 2.45) is 17.2 Å². The summed E-state index contributed by atoms with van der Waals surface area (Å²) in [6, 6.07) is 8.05. The first-order valence-electron chi connectivity index (χ1n) is 9.25. The fourth-order valence-electron chi connectivity index (χ4n) is 2.49.